The van der Waals surface area contributed by atoms with Crippen LogP contribution in [0.4, 0.5) is 5.69 Å². The Morgan fingerprint density at radius 2 is 2.06 bits per heavy atom. The maximum Gasteiger partial charge on any atom is 0.0632 e. The molecule has 0 fully saturated rings. The molecular weight excluding hydrogens is 266 g/mol. The summed E-state index contributed by atoms with van der Waals surface area (Å²) in [6.45, 7) is 1.90. The van der Waals surface area contributed by atoms with Crippen molar-refractivity contribution >= 4 is 21.6 Å². The zero-order chi connectivity index (χ0) is 11.2. The lowest BCUT2D eigenvalue weighted by molar-refractivity contribution is 0.591. The van der Waals surface area contributed by atoms with Gasteiger partial charge in [-0.3, -0.25) is 4.68 Å². The van der Waals surface area contributed by atoms with E-state index in [0.717, 1.165) is 24.0 Å². The van der Waals surface area contributed by atoms with Crippen molar-refractivity contribution in [3.63, 3.8) is 0 Å². The van der Waals surface area contributed by atoms with Crippen LogP contribution in [0.3, 0.4) is 0 Å². The molecule has 2 aromatic rings. The van der Waals surface area contributed by atoms with Crippen molar-refractivity contribution in [1.82, 2.24) is 9.78 Å². The zero-order valence-electron chi connectivity index (χ0n) is 8.94. The Hall–Kier alpha value is -1.29. The molecule has 0 saturated carbocycles. The minimum atomic E-state index is 0.936. The number of nitrogens with zero attached hydrogens (tertiary/aromatic N) is 2. The Labute approximate surface area is 104 Å². The number of aromatic nitrogens is 2. The predicted molar refractivity (Wildman–Crippen MR) is 69.5 cm³/mol. The maximum absolute atomic E-state index is 4.20. The molecule has 0 atom stereocenters. The van der Waals surface area contributed by atoms with Gasteiger partial charge < -0.3 is 5.32 Å². The minimum absolute atomic E-state index is 0.936. The summed E-state index contributed by atoms with van der Waals surface area (Å²) in [5.74, 6) is 0. The first-order valence-electron chi connectivity index (χ1n) is 5.31. The molecule has 1 N–H and O–H groups in total. The van der Waals surface area contributed by atoms with Gasteiger partial charge in [0.2, 0.25) is 0 Å². The average Bonchev–Trinajstić information content (AvgIpc) is 2.72. The highest BCUT2D eigenvalue weighted by Crippen LogP contribution is 2.07. The van der Waals surface area contributed by atoms with E-state index >= 15 is 0 Å². The fourth-order valence-corrected chi connectivity index (χ4v) is 1.82. The maximum atomic E-state index is 4.20. The molecular formula is C12H14BrN3. The van der Waals surface area contributed by atoms with Crippen LogP contribution in [0, 0.1) is 0 Å². The number of hydrogen-bond donors (Lipinski definition) is 1. The van der Waals surface area contributed by atoms with Crippen LogP contribution in [0.5, 0.6) is 0 Å². The number of hydrogen-bond acceptors (Lipinski definition) is 2. The summed E-state index contributed by atoms with van der Waals surface area (Å²) < 4.78 is 2.97. The number of para-hydroxylation sites is 1. The minimum Gasteiger partial charge on any atom is -0.385 e. The van der Waals surface area contributed by atoms with Gasteiger partial charge in [-0.25, -0.2) is 0 Å². The number of benzene rings is 1. The molecule has 0 saturated heterocycles. The second kappa shape index (κ2) is 5.70. The van der Waals surface area contributed by atoms with E-state index in [9.17, 15) is 0 Å². The highest BCUT2D eigenvalue weighted by atomic mass is 79.9. The quantitative estimate of drug-likeness (QED) is 0.853. The number of aryl methyl sites for hydroxylation is 1. The first-order chi connectivity index (χ1) is 7.84. The topological polar surface area (TPSA) is 29.9 Å². The van der Waals surface area contributed by atoms with E-state index in [0.29, 0.717) is 0 Å². The summed E-state index contributed by atoms with van der Waals surface area (Å²) in [5.41, 5.74) is 1.17. The molecule has 1 aromatic heterocycles. The highest BCUT2D eigenvalue weighted by molar-refractivity contribution is 9.10. The standard InChI is InChI=1S/C12H14BrN3/c13-11-9-15-16(10-11)8-4-7-14-12-5-2-1-3-6-12/h1-3,5-6,9-10,14H,4,7-8H2. The van der Waals surface area contributed by atoms with Crippen molar-refractivity contribution < 1.29 is 0 Å². The highest BCUT2D eigenvalue weighted by Gasteiger charge is 1.95. The van der Waals surface area contributed by atoms with Crippen LogP contribution < -0.4 is 5.32 Å². The lowest BCUT2D eigenvalue weighted by Crippen LogP contribution is -2.06. The third kappa shape index (κ3) is 3.38. The molecule has 0 unspecified atom stereocenters. The summed E-state index contributed by atoms with van der Waals surface area (Å²) in [5, 5.41) is 7.57. The fourth-order valence-electron chi connectivity index (χ4n) is 1.49. The van der Waals surface area contributed by atoms with Crippen molar-refractivity contribution in [3.8, 4) is 0 Å². The summed E-state index contributed by atoms with van der Waals surface area (Å²) in [4.78, 5) is 0. The largest absolute Gasteiger partial charge is 0.385 e. The van der Waals surface area contributed by atoms with E-state index in [1.807, 2.05) is 35.3 Å². The molecule has 4 heteroatoms. The molecule has 0 aliphatic heterocycles. The smallest absolute Gasteiger partial charge is 0.0632 e. The van der Waals surface area contributed by atoms with Crippen LogP contribution in [0.2, 0.25) is 0 Å². The molecule has 1 aromatic carbocycles. The average molecular weight is 280 g/mol. The molecule has 16 heavy (non-hydrogen) atoms. The van der Waals surface area contributed by atoms with Crippen LogP contribution >= 0.6 is 15.9 Å². The summed E-state index contributed by atoms with van der Waals surface area (Å²) in [6.07, 6.45) is 4.86. The first-order valence-corrected chi connectivity index (χ1v) is 6.11. The Kier molecular flexibility index (Phi) is 3.99. The molecule has 0 aliphatic rings. The van der Waals surface area contributed by atoms with Gasteiger partial charge >= 0.3 is 0 Å². The van der Waals surface area contributed by atoms with E-state index in [1.165, 1.54) is 5.69 Å². The molecule has 0 radical (unpaired) electrons. The predicted octanol–water partition coefficient (Wildman–Crippen LogP) is 3.15. The second-order valence-corrected chi connectivity index (χ2v) is 4.48. The van der Waals surface area contributed by atoms with Crippen LogP contribution in [-0.4, -0.2) is 16.3 Å². The van der Waals surface area contributed by atoms with Crippen molar-refractivity contribution in [2.75, 3.05) is 11.9 Å². The van der Waals surface area contributed by atoms with Gasteiger partial charge in [0.25, 0.3) is 0 Å². The van der Waals surface area contributed by atoms with E-state index in [1.54, 1.807) is 0 Å². The van der Waals surface area contributed by atoms with Crippen LogP contribution in [0.15, 0.2) is 47.2 Å². The Bertz CT molecular complexity index is 425. The Morgan fingerprint density at radius 3 is 2.75 bits per heavy atom. The third-order valence-corrected chi connectivity index (χ3v) is 2.68. The molecule has 84 valence electrons. The normalized spacial score (nSPS) is 10.3. The molecule has 0 amide bonds. The van der Waals surface area contributed by atoms with Crippen molar-refractivity contribution in [3.05, 3.63) is 47.2 Å². The van der Waals surface area contributed by atoms with Gasteiger partial charge in [0, 0.05) is 25.0 Å². The molecule has 2 rings (SSSR count). The SMILES string of the molecule is Brc1cnn(CCCNc2ccccc2)c1. The number of rotatable bonds is 5. The van der Waals surface area contributed by atoms with Gasteiger partial charge in [0.1, 0.15) is 0 Å². The van der Waals surface area contributed by atoms with E-state index < -0.39 is 0 Å². The molecule has 3 nitrogen and oxygen atoms in total. The van der Waals surface area contributed by atoms with Crippen LogP contribution in [0.25, 0.3) is 0 Å². The van der Waals surface area contributed by atoms with Gasteiger partial charge in [0.05, 0.1) is 10.7 Å². The van der Waals surface area contributed by atoms with E-state index in [-0.39, 0.29) is 0 Å². The summed E-state index contributed by atoms with van der Waals surface area (Å²) in [6, 6.07) is 10.2. The van der Waals surface area contributed by atoms with Gasteiger partial charge in [-0.2, -0.15) is 5.10 Å². The first kappa shape index (κ1) is 11.2. The third-order valence-electron chi connectivity index (χ3n) is 2.27. The Balaban J connectivity index is 1.69. The zero-order valence-corrected chi connectivity index (χ0v) is 10.5. The van der Waals surface area contributed by atoms with Gasteiger partial charge in [0.15, 0.2) is 0 Å². The fraction of sp³-hybridized carbons (Fsp3) is 0.250. The lowest BCUT2D eigenvalue weighted by Gasteiger charge is -2.05. The van der Waals surface area contributed by atoms with Crippen molar-refractivity contribution in [1.29, 1.82) is 0 Å². The summed E-state index contributed by atoms with van der Waals surface area (Å²) in [7, 11) is 0. The van der Waals surface area contributed by atoms with Crippen LogP contribution in [-0.2, 0) is 6.54 Å². The van der Waals surface area contributed by atoms with Gasteiger partial charge in [-0.1, -0.05) is 18.2 Å². The molecule has 0 bridgehead atoms. The van der Waals surface area contributed by atoms with Gasteiger partial charge in [-0.05, 0) is 34.5 Å². The molecule has 1 heterocycles. The number of halogens is 1. The van der Waals surface area contributed by atoms with E-state index in [4.69, 9.17) is 0 Å². The second-order valence-electron chi connectivity index (χ2n) is 3.57. The molecule has 0 spiro atoms. The molecule has 0 aliphatic carbocycles. The van der Waals surface area contributed by atoms with E-state index in [2.05, 4.69) is 38.5 Å². The summed E-state index contributed by atoms with van der Waals surface area (Å²) >= 11 is 3.38. The number of anilines is 1. The monoisotopic (exact) mass is 279 g/mol. The lowest BCUT2D eigenvalue weighted by atomic mass is 10.3. The Morgan fingerprint density at radius 1 is 1.25 bits per heavy atom. The van der Waals surface area contributed by atoms with Crippen LogP contribution in [0.1, 0.15) is 6.42 Å². The van der Waals surface area contributed by atoms with Crippen molar-refractivity contribution in [2.45, 2.75) is 13.0 Å². The number of nitrogens with one attached hydrogen (secondary N) is 1. The van der Waals surface area contributed by atoms with Gasteiger partial charge in [-0.15, -0.1) is 0 Å². The van der Waals surface area contributed by atoms with Crippen molar-refractivity contribution in [2.24, 2.45) is 0 Å².